The number of benzene rings is 3. The number of rotatable bonds is 6. The summed E-state index contributed by atoms with van der Waals surface area (Å²) in [6, 6.07) is 25.0. The van der Waals surface area contributed by atoms with Crippen molar-refractivity contribution in [3.8, 4) is 6.07 Å². The van der Waals surface area contributed by atoms with Gasteiger partial charge in [0, 0.05) is 29.2 Å². The van der Waals surface area contributed by atoms with E-state index in [0.29, 0.717) is 32.7 Å². The van der Waals surface area contributed by atoms with Crippen molar-refractivity contribution < 1.29 is 9.53 Å². The molecule has 5 aromatic rings. The Bertz CT molecular complexity index is 2090. The third-order valence-electron chi connectivity index (χ3n) is 7.45. The predicted octanol–water partition coefficient (Wildman–Crippen LogP) is 4.98. The molecular weight excluding hydrogens is 544 g/mol. The SMILES string of the molecule is CCOC(=O)C1=C(C)N=c2s/c(=C\c3cn(Cc4ccc(C#N)cc4)c4ccccc34)c(=O)n2[C@@H]1c1ccc(C)cc1. The highest BCUT2D eigenvalue weighted by atomic mass is 32.1. The van der Waals surface area contributed by atoms with Crippen LogP contribution in [0, 0.1) is 18.3 Å². The lowest BCUT2D eigenvalue weighted by molar-refractivity contribution is -0.139. The first-order valence-corrected chi connectivity index (χ1v) is 14.5. The molecule has 3 aromatic carbocycles. The Hall–Kier alpha value is -5.00. The molecule has 208 valence electrons. The van der Waals surface area contributed by atoms with E-state index in [9.17, 15) is 9.59 Å². The number of hydrogen-bond donors (Lipinski definition) is 0. The number of ether oxygens (including phenoxy) is 1. The highest BCUT2D eigenvalue weighted by Crippen LogP contribution is 2.31. The molecule has 0 unspecified atom stereocenters. The molecule has 0 saturated carbocycles. The molecule has 3 heterocycles. The van der Waals surface area contributed by atoms with Gasteiger partial charge in [0.25, 0.3) is 5.56 Å². The van der Waals surface area contributed by atoms with Gasteiger partial charge in [0.05, 0.1) is 40.1 Å². The van der Waals surface area contributed by atoms with E-state index in [0.717, 1.165) is 33.2 Å². The van der Waals surface area contributed by atoms with Crippen LogP contribution >= 0.6 is 11.3 Å². The Morgan fingerprint density at radius 3 is 2.52 bits per heavy atom. The van der Waals surface area contributed by atoms with Gasteiger partial charge < -0.3 is 9.30 Å². The molecule has 7 nitrogen and oxygen atoms in total. The average Bonchev–Trinajstić information content (AvgIpc) is 3.49. The number of carbonyl (C=O) groups is 1. The van der Waals surface area contributed by atoms with Gasteiger partial charge in [0.2, 0.25) is 0 Å². The molecule has 8 heteroatoms. The van der Waals surface area contributed by atoms with Gasteiger partial charge in [-0.1, -0.05) is 71.5 Å². The molecule has 0 amide bonds. The Kier molecular flexibility index (Phi) is 7.19. The number of carbonyl (C=O) groups excluding carboxylic acids is 1. The molecule has 42 heavy (non-hydrogen) atoms. The van der Waals surface area contributed by atoms with Crippen molar-refractivity contribution in [3.63, 3.8) is 0 Å². The number of nitriles is 1. The summed E-state index contributed by atoms with van der Waals surface area (Å²) < 4.78 is 9.71. The van der Waals surface area contributed by atoms with Gasteiger partial charge in [-0.25, -0.2) is 9.79 Å². The Morgan fingerprint density at radius 1 is 1.07 bits per heavy atom. The number of thiazole rings is 1. The zero-order chi connectivity index (χ0) is 29.4. The highest BCUT2D eigenvalue weighted by Gasteiger charge is 2.33. The first kappa shape index (κ1) is 27.2. The molecule has 0 N–H and O–H groups in total. The van der Waals surface area contributed by atoms with E-state index in [1.807, 2.05) is 85.9 Å². The number of hydrogen-bond acceptors (Lipinski definition) is 6. The minimum atomic E-state index is -0.638. The Morgan fingerprint density at radius 2 is 1.81 bits per heavy atom. The standard InChI is InChI=1S/C34H28N4O3S/c1-4-41-33(40)30-22(3)36-34-38(31(30)25-15-9-21(2)10-16-25)32(39)29(42-34)17-26-20-37(28-8-6-5-7-27(26)28)19-24-13-11-23(18-35)12-14-24/h5-17,20,31H,4,19H2,1-3H3/b29-17-/t31-/m1/s1. The van der Waals surface area contributed by atoms with E-state index in [4.69, 9.17) is 15.0 Å². The number of allylic oxidation sites excluding steroid dienone is 1. The summed E-state index contributed by atoms with van der Waals surface area (Å²) in [5.74, 6) is -0.468. The van der Waals surface area contributed by atoms with Gasteiger partial charge in [-0.15, -0.1) is 0 Å². The highest BCUT2D eigenvalue weighted by molar-refractivity contribution is 7.07. The largest absolute Gasteiger partial charge is 0.463 e. The van der Waals surface area contributed by atoms with E-state index in [1.54, 1.807) is 18.4 Å². The minimum Gasteiger partial charge on any atom is -0.463 e. The number of aromatic nitrogens is 2. The third kappa shape index (κ3) is 4.89. The molecule has 2 aromatic heterocycles. The van der Waals surface area contributed by atoms with E-state index >= 15 is 0 Å². The monoisotopic (exact) mass is 572 g/mol. The van der Waals surface area contributed by atoms with Crippen molar-refractivity contribution >= 4 is 34.3 Å². The van der Waals surface area contributed by atoms with Crippen LogP contribution in [0.3, 0.4) is 0 Å². The fourth-order valence-electron chi connectivity index (χ4n) is 5.40. The van der Waals surface area contributed by atoms with Crippen molar-refractivity contribution in [2.75, 3.05) is 6.61 Å². The van der Waals surface area contributed by atoms with Crippen molar-refractivity contribution in [2.24, 2.45) is 4.99 Å². The molecule has 6 rings (SSSR count). The van der Waals surface area contributed by atoms with Crippen molar-refractivity contribution in [1.29, 1.82) is 5.26 Å². The predicted molar refractivity (Wildman–Crippen MR) is 164 cm³/mol. The lowest BCUT2D eigenvalue weighted by Crippen LogP contribution is -2.39. The number of aryl methyl sites for hydroxylation is 1. The fourth-order valence-corrected chi connectivity index (χ4v) is 6.44. The summed E-state index contributed by atoms with van der Waals surface area (Å²) >= 11 is 1.32. The van der Waals surface area contributed by atoms with Gasteiger partial charge in [0.1, 0.15) is 0 Å². The molecule has 0 bridgehead atoms. The Labute approximate surface area is 246 Å². The number of esters is 1. The molecule has 0 saturated heterocycles. The molecule has 0 fully saturated rings. The number of fused-ring (bicyclic) bond motifs is 2. The molecule has 0 radical (unpaired) electrons. The van der Waals surface area contributed by atoms with Gasteiger partial charge >= 0.3 is 5.97 Å². The zero-order valence-electron chi connectivity index (χ0n) is 23.5. The maximum atomic E-state index is 14.1. The van der Waals surface area contributed by atoms with Crippen LogP contribution in [0.2, 0.25) is 0 Å². The van der Waals surface area contributed by atoms with E-state index < -0.39 is 12.0 Å². The summed E-state index contributed by atoms with van der Waals surface area (Å²) in [5, 5.41) is 10.2. The lowest BCUT2D eigenvalue weighted by Gasteiger charge is -2.24. The van der Waals surface area contributed by atoms with Crippen LogP contribution in [0.4, 0.5) is 0 Å². The normalized spacial score (nSPS) is 14.9. The van der Waals surface area contributed by atoms with Gasteiger partial charge in [-0.05, 0) is 56.2 Å². The molecule has 0 aliphatic carbocycles. The number of para-hydroxylation sites is 1. The van der Waals surface area contributed by atoms with E-state index in [-0.39, 0.29) is 12.2 Å². The molecule has 1 aliphatic heterocycles. The maximum absolute atomic E-state index is 14.1. The first-order chi connectivity index (χ1) is 20.4. The van der Waals surface area contributed by atoms with Crippen LogP contribution in [0.5, 0.6) is 0 Å². The quantitative estimate of drug-likeness (QED) is 0.269. The smallest absolute Gasteiger partial charge is 0.338 e. The van der Waals surface area contributed by atoms with Crippen LogP contribution in [-0.2, 0) is 16.1 Å². The summed E-state index contributed by atoms with van der Waals surface area (Å²) in [7, 11) is 0. The van der Waals surface area contributed by atoms with Crippen LogP contribution in [0.25, 0.3) is 17.0 Å². The van der Waals surface area contributed by atoms with Crippen LogP contribution in [0.15, 0.2) is 100 Å². The van der Waals surface area contributed by atoms with Crippen LogP contribution < -0.4 is 14.9 Å². The summed E-state index contributed by atoms with van der Waals surface area (Å²) in [6.45, 7) is 6.41. The molecule has 1 aliphatic rings. The maximum Gasteiger partial charge on any atom is 0.338 e. The molecule has 1 atom stereocenters. The molecular formula is C34H28N4O3S. The first-order valence-electron chi connectivity index (χ1n) is 13.7. The second-order valence-corrected chi connectivity index (χ2v) is 11.3. The average molecular weight is 573 g/mol. The fraction of sp³-hybridized carbons (Fsp3) is 0.176. The van der Waals surface area contributed by atoms with Crippen molar-refractivity contribution in [3.05, 3.63) is 138 Å². The number of nitrogens with zero attached hydrogens (tertiary/aromatic N) is 4. The van der Waals surface area contributed by atoms with Gasteiger partial charge in [-0.2, -0.15) is 5.26 Å². The van der Waals surface area contributed by atoms with Gasteiger partial charge in [0.15, 0.2) is 4.80 Å². The summed E-state index contributed by atoms with van der Waals surface area (Å²) in [6.07, 6.45) is 3.96. The minimum absolute atomic E-state index is 0.206. The Balaban J connectivity index is 1.49. The topological polar surface area (TPSA) is 89.4 Å². The van der Waals surface area contributed by atoms with Crippen molar-refractivity contribution in [2.45, 2.75) is 33.4 Å². The zero-order valence-corrected chi connectivity index (χ0v) is 24.3. The van der Waals surface area contributed by atoms with E-state index in [2.05, 4.69) is 16.7 Å². The summed E-state index contributed by atoms with van der Waals surface area (Å²) in [4.78, 5) is 32.4. The second-order valence-electron chi connectivity index (χ2n) is 10.3. The summed E-state index contributed by atoms with van der Waals surface area (Å²) in [5.41, 5.74) is 6.27. The van der Waals surface area contributed by atoms with Crippen LogP contribution in [0.1, 0.15) is 47.7 Å². The third-order valence-corrected chi connectivity index (χ3v) is 8.44. The van der Waals surface area contributed by atoms with Crippen LogP contribution in [-0.4, -0.2) is 21.7 Å². The lowest BCUT2D eigenvalue weighted by atomic mass is 9.95. The molecule has 0 spiro atoms. The van der Waals surface area contributed by atoms with Gasteiger partial charge in [-0.3, -0.25) is 9.36 Å². The second kappa shape index (κ2) is 11.1. The van der Waals surface area contributed by atoms with E-state index in [1.165, 1.54) is 11.3 Å². The van der Waals surface area contributed by atoms with Crippen molar-refractivity contribution in [1.82, 2.24) is 9.13 Å².